The molecule has 1 aliphatic rings. The van der Waals surface area contributed by atoms with Gasteiger partial charge in [-0.3, -0.25) is 0 Å². The molecule has 0 aliphatic heterocycles. The molecule has 1 fully saturated rings. The third kappa shape index (κ3) is 2.06. The fourth-order valence-electron chi connectivity index (χ4n) is 3.39. The lowest BCUT2D eigenvalue weighted by Gasteiger charge is -2.40. The van der Waals surface area contributed by atoms with Crippen LogP contribution in [0, 0.1) is 11.2 Å². The smallest absolute Gasteiger partial charge is 0.201 e. The van der Waals surface area contributed by atoms with Crippen LogP contribution in [0.5, 0.6) is 0 Å². The van der Waals surface area contributed by atoms with Crippen LogP contribution in [0.15, 0.2) is 12.1 Å². The standard InChI is InChI=1S/C15H19ClFN3/c1-15(2)6-4-3-5-13(15)20-12-8-10(17)9(16)7-11(12)19-14(20)18/h7-8,13H,3-6H2,1-2H3,(H2,18,19). The zero-order valence-corrected chi connectivity index (χ0v) is 12.5. The minimum absolute atomic E-state index is 0.0880. The van der Waals surface area contributed by atoms with Gasteiger partial charge in [0.25, 0.3) is 0 Å². The van der Waals surface area contributed by atoms with Gasteiger partial charge in [-0.25, -0.2) is 9.37 Å². The summed E-state index contributed by atoms with van der Waals surface area (Å²) in [6.07, 6.45) is 4.60. The van der Waals surface area contributed by atoms with Crippen LogP contribution in [0.1, 0.15) is 45.6 Å². The van der Waals surface area contributed by atoms with Gasteiger partial charge < -0.3 is 10.3 Å². The molecular weight excluding hydrogens is 277 g/mol. The van der Waals surface area contributed by atoms with E-state index in [0.717, 1.165) is 18.4 Å². The predicted molar refractivity (Wildman–Crippen MR) is 80.4 cm³/mol. The summed E-state index contributed by atoms with van der Waals surface area (Å²) in [5.41, 5.74) is 7.63. The van der Waals surface area contributed by atoms with Gasteiger partial charge in [-0.2, -0.15) is 0 Å². The highest BCUT2D eigenvalue weighted by Gasteiger charge is 2.35. The number of halogens is 2. The number of fused-ring (bicyclic) bond motifs is 1. The molecule has 20 heavy (non-hydrogen) atoms. The van der Waals surface area contributed by atoms with Crippen LogP contribution in [0.2, 0.25) is 5.02 Å². The Bertz CT molecular complexity index is 663. The molecule has 0 radical (unpaired) electrons. The Morgan fingerprint density at radius 1 is 1.40 bits per heavy atom. The van der Waals surface area contributed by atoms with Gasteiger partial charge in [0, 0.05) is 12.1 Å². The highest BCUT2D eigenvalue weighted by atomic mass is 35.5. The first-order valence-corrected chi connectivity index (χ1v) is 7.40. The number of aromatic nitrogens is 2. The number of nitrogen functional groups attached to an aromatic ring is 1. The number of hydrogen-bond acceptors (Lipinski definition) is 2. The fourth-order valence-corrected chi connectivity index (χ4v) is 3.55. The van der Waals surface area contributed by atoms with Crippen LogP contribution < -0.4 is 5.73 Å². The van der Waals surface area contributed by atoms with E-state index >= 15 is 0 Å². The Hall–Kier alpha value is -1.29. The maximum Gasteiger partial charge on any atom is 0.201 e. The van der Waals surface area contributed by atoms with Crippen molar-refractivity contribution in [2.45, 2.75) is 45.6 Å². The average Bonchev–Trinajstić information content (AvgIpc) is 2.65. The molecular formula is C15H19ClFN3. The van der Waals surface area contributed by atoms with Crippen molar-refractivity contribution in [1.82, 2.24) is 9.55 Å². The molecule has 0 bridgehead atoms. The number of imidazole rings is 1. The number of rotatable bonds is 1. The van der Waals surface area contributed by atoms with E-state index in [1.165, 1.54) is 18.9 Å². The van der Waals surface area contributed by atoms with Gasteiger partial charge in [-0.05, 0) is 24.3 Å². The Morgan fingerprint density at radius 2 is 2.15 bits per heavy atom. The zero-order chi connectivity index (χ0) is 14.5. The minimum atomic E-state index is -0.422. The van der Waals surface area contributed by atoms with Crippen molar-refractivity contribution in [3.63, 3.8) is 0 Å². The number of nitrogens with two attached hydrogens (primary N) is 1. The van der Waals surface area contributed by atoms with Gasteiger partial charge in [0.1, 0.15) is 5.82 Å². The molecule has 2 N–H and O–H groups in total. The summed E-state index contributed by atoms with van der Waals surface area (Å²) in [5, 5.41) is 0.0880. The quantitative estimate of drug-likeness (QED) is 0.838. The van der Waals surface area contributed by atoms with E-state index in [0.29, 0.717) is 11.5 Å². The zero-order valence-electron chi connectivity index (χ0n) is 11.8. The van der Waals surface area contributed by atoms with Crippen molar-refractivity contribution in [3.8, 4) is 0 Å². The summed E-state index contributed by atoms with van der Waals surface area (Å²) < 4.78 is 15.8. The summed E-state index contributed by atoms with van der Waals surface area (Å²) in [7, 11) is 0. The van der Waals surface area contributed by atoms with E-state index in [1.54, 1.807) is 6.07 Å². The lowest BCUT2D eigenvalue weighted by molar-refractivity contribution is 0.149. The van der Waals surface area contributed by atoms with Crippen molar-refractivity contribution < 1.29 is 4.39 Å². The Balaban J connectivity index is 2.20. The van der Waals surface area contributed by atoms with Crippen molar-refractivity contribution in [2.24, 2.45) is 5.41 Å². The molecule has 0 spiro atoms. The first kappa shape index (κ1) is 13.7. The van der Waals surface area contributed by atoms with E-state index in [9.17, 15) is 4.39 Å². The molecule has 1 heterocycles. The third-order valence-corrected chi connectivity index (χ3v) is 4.81. The fraction of sp³-hybridized carbons (Fsp3) is 0.533. The largest absolute Gasteiger partial charge is 0.369 e. The van der Waals surface area contributed by atoms with Crippen LogP contribution >= 0.6 is 11.6 Å². The Kier molecular flexibility index (Phi) is 3.16. The number of benzene rings is 1. The second-order valence-corrected chi connectivity index (χ2v) is 6.75. The van der Waals surface area contributed by atoms with E-state index in [1.807, 2.05) is 4.57 Å². The number of hydrogen-bond donors (Lipinski definition) is 1. The van der Waals surface area contributed by atoms with Crippen molar-refractivity contribution in [1.29, 1.82) is 0 Å². The Labute approximate surface area is 122 Å². The van der Waals surface area contributed by atoms with Crippen LogP contribution in [0.4, 0.5) is 10.3 Å². The normalized spacial score (nSPS) is 22.3. The van der Waals surface area contributed by atoms with E-state index in [4.69, 9.17) is 17.3 Å². The molecule has 0 saturated heterocycles. The lowest BCUT2D eigenvalue weighted by atomic mass is 9.73. The van der Waals surface area contributed by atoms with Crippen molar-refractivity contribution in [3.05, 3.63) is 23.0 Å². The number of nitrogens with zero attached hydrogens (tertiary/aromatic N) is 2. The summed E-state index contributed by atoms with van der Waals surface area (Å²) in [4.78, 5) is 4.35. The maximum absolute atomic E-state index is 13.8. The second kappa shape index (κ2) is 4.62. The summed E-state index contributed by atoms with van der Waals surface area (Å²) in [6.45, 7) is 4.49. The van der Waals surface area contributed by atoms with Crippen molar-refractivity contribution in [2.75, 3.05) is 5.73 Å². The second-order valence-electron chi connectivity index (χ2n) is 6.35. The molecule has 1 unspecified atom stereocenters. The molecule has 3 rings (SSSR count). The van der Waals surface area contributed by atoms with Gasteiger partial charge >= 0.3 is 0 Å². The topological polar surface area (TPSA) is 43.8 Å². The van der Waals surface area contributed by atoms with Crippen LogP contribution in [0.25, 0.3) is 11.0 Å². The summed E-state index contributed by atoms with van der Waals surface area (Å²) in [6, 6.07) is 3.25. The first-order valence-electron chi connectivity index (χ1n) is 7.02. The maximum atomic E-state index is 13.8. The highest BCUT2D eigenvalue weighted by Crippen LogP contribution is 2.46. The van der Waals surface area contributed by atoms with E-state index < -0.39 is 5.82 Å². The molecule has 3 nitrogen and oxygen atoms in total. The summed E-state index contributed by atoms with van der Waals surface area (Å²) >= 11 is 5.83. The van der Waals surface area contributed by atoms with Gasteiger partial charge in [0.05, 0.1) is 16.1 Å². The third-order valence-electron chi connectivity index (χ3n) is 4.52. The van der Waals surface area contributed by atoms with Gasteiger partial charge in [0.15, 0.2) is 0 Å². The van der Waals surface area contributed by atoms with E-state index in [2.05, 4.69) is 18.8 Å². The monoisotopic (exact) mass is 295 g/mol. The predicted octanol–water partition coefficient (Wildman–Crippen LogP) is 4.55. The molecule has 1 aliphatic carbocycles. The van der Waals surface area contributed by atoms with Gasteiger partial charge in [-0.1, -0.05) is 38.3 Å². The Morgan fingerprint density at radius 3 is 2.85 bits per heavy atom. The van der Waals surface area contributed by atoms with Gasteiger partial charge in [0.2, 0.25) is 5.95 Å². The summed E-state index contributed by atoms with van der Waals surface area (Å²) in [5.74, 6) is 0.0237. The van der Waals surface area contributed by atoms with Gasteiger partial charge in [-0.15, -0.1) is 0 Å². The molecule has 1 aromatic heterocycles. The number of anilines is 1. The van der Waals surface area contributed by atoms with E-state index in [-0.39, 0.29) is 16.5 Å². The molecule has 108 valence electrons. The minimum Gasteiger partial charge on any atom is -0.369 e. The van der Waals surface area contributed by atoms with Crippen LogP contribution in [-0.2, 0) is 0 Å². The lowest BCUT2D eigenvalue weighted by Crippen LogP contribution is -2.31. The molecule has 1 aromatic carbocycles. The average molecular weight is 296 g/mol. The molecule has 1 atom stereocenters. The molecule has 2 aromatic rings. The van der Waals surface area contributed by atoms with Crippen LogP contribution in [0.3, 0.4) is 0 Å². The molecule has 5 heteroatoms. The highest BCUT2D eigenvalue weighted by molar-refractivity contribution is 6.31. The molecule has 1 saturated carbocycles. The molecule has 0 amide bonds. The van der Waals surface area contributed by atoms with Crippen molar-refractivity contribution >= 4 is 28.6 Å². The first-order chi connectivity index (χ1) is 9.40. The van der Waals surface area contributed by atoms with Crippen LogP contribution in [-0.4, -0.2) is 9.55 Å². The SMILES string of the molecule is CC1(C)CCCCC1n1c(N)nc2cc(Cl)c(F)cc21.